The number of hydrogen-bond acceptors (Lipinski definition) is 4. The van der Waals surface area contributed by atoms with Gasteiger partial charge >= 0.3 is 6.61 Å². The molecule has 0 saturated carbocycles. The first-order valence-electron chi connectivity index (χ1n) is 8.39. The lowest BCUT2D eigenvalue weighted by atomic mass is 10.3. The zero-order chi connectivity index (χ0) is 19.8. The molecule has 0 heterocycles. The summed E-state index contributed by atoms with van der Waals surface area (Å²) in [5.74, 6) is 1.37. The minimum atomic E-state index is -2.89. The lowest BCUT2D eigenvalue weighted by Gasteiger charge is -2.10. The van der Waals surface area contributed by atoms with Crippen molar-refractivity contribution < 1.29 is 27.8 Å². The molecule has 3 aromatic rings. The van der Waals surface area contributed by atoms with Crippen molar-refractivity contribution in [1.82, 2.24) is 0 Å². The number of nitrogens with one attached hydrogen (secondary N) is 1. The van der Waals surface area contributed by atoms with Crippen LogP contribution in [0.4, 0.5) is 14.5 Å². The average Bonchev–Trinajstić information content (AvgIpc) is 2.69. The van der Waals surface area contributed by atoms with Gasteiger partial charge in [-0.1, -0.05) is 24.3 Å². The Morgan fingerprint density at radius 3 is 2.21 bits per heavy atom. The minimum Gasteiger partial charge on any atom is -0.484 e. The molecule has 0 unspecified atom stereocenters. The fourth-order valence-corrected chi connectivity index (χ4v) is 2.32. The maximum atomic E-state index is 12.1. The Kier molecular flexibility index (Phi) is 6.41. The Hall–Kier alpha value is -3.61. The van der Waals surface area contributed by atoms with E-state index in [1.807, 2.05) is 30.3 Å². The molecule has 0 spiro atoms. The van der Waals surface area contributed by atoms with Gasteiger partial charge in [0.2, 0.25) is 0 Å². The maximum Gasteiger partial charge on any atom is 0.387 e. The summed E-state index contributed by atoms with van der Waals surface area (Å²) in [5.41, 5.74) is 0.441. The number of amides is 1. The molecular formula is C21H17F2NO4. The highest BCUT2D eigenvalue weighted by molar-refractivity contribution is 5.91. The summed E-state index contributed by atoms with van der Waals surface area (Å²) in [6, 6.07) is 21.8. The van der Waals surface area contributed by atoms with Crippen LogP contribution in [0.15, 0.2) is 78.9 Å². The van der Waals surface area contributed by atoms with Crippen LogP contribution in [0.1, 0.15) is 0 Å². The number of ether oxygens (including phenoxy) is 3. The van der Waals surface area contributed by atoms with Crippen molar-refractivity contribution in [2.45, 2.75) is 6.61 Å². The van der Waals surface area contributed by atoms with Gasteiger partial charge < -0.3 is 19.5 Å². The van der Waals surface area contributed by atoms with Gasteiger partial charge in [-0.2, -0.15) is 8.78 Å². The van der Waals surface area contributed by atoms with Crippen molar-refractivity contribution >= 4 is 11.6 Å². The topological polar surface area (TPSA) is 56.8 Å². The van der Waals surface area contributed by atoms with Gasteiger partial charge in [-0.15, -0.1) is 0 Å². The Balaban J connectivity index is 1.51. The van der Waals surface area contributed by atoms with E-state index in [9.17, 15) is 13.6 Å². The van der Waals surface area contributed by atoms with Crippen LogP contribution in [0.25, 0.3) is 0 Å². The summed E-state index contributed by atoms with van der Waals surface area (Å²) < 4.78 is 39.7. The third-order valence-corrected chi connectivity index (χ3v) is 3.52. The summed E-state index contributed by atoms with van der Waals surface area (Å²) >= 11 is 0. The zero-order valence-corrected chi connectivity index (χ0v) is 14.7. The second kappa shape index (κ2) is 9.36. The van der Waals surface area contributed by atoms with Gasteiger partial charge in [0.1, 0.15) is 23.0 Å². The smallest absolute Gasteiger partial charge is 0.387 e. The van der Waals surface area contributed by atoms with Gasteiger partial charge in [-0.3, -0.25) is 4.79 Å². The zero-order valence-electron chi connectivity index (χ0n) is 14.7. The van der Waals surface area contributed by atoms with Crippen molar-refractivity contribution in [3.8, 4) is 23.0 Å². The van der Waals surface area contributed by atoms with E-state index in [0.29, 0.717) is 22.9 Å². The Labute approximate surface area is 160 Å². The molecule has 0 atom stereocenters. The van der Waals surface area contributed by atoms with Crippen LogP contribution >= 0.6 is 0 Å². The van der Waals surface area contributed by atoms with Crippen LogP contribution in [0.3, 0.4) is 0 Å². The molecule has 0 aromatic heterocycles. The van der Waals surface area contributed by atoms with Gasteiger partial charge in [0.15, 0.2) is 6.61 Å². The summed E-state index contributed by atoms with van der Waals surface area (Å²) in [6.07, 6.45) is 0. The van der Waals surface area contributed by atoms with E-state index in [0.717, 1.165) is 0 Å². The molecule has 0 aliphatic rings. The quantitative estimate of drug-likeness (QED) is 0.586. The molecule has 0 bridgehead atoms. The molecule has 1 N–H and O–H groups in total. The Morgan fingerprint density at radius 1 is 0.821 bits per heavy atom. The largest absolute Gasteiger partial charge is 0.484 e. The highest BCUT2D eigenvalue weighted by atomic mass is 19.3. The highest BCUT2D eigenvalue weighted by Gasteiger charge is 2.07. The number of carbonyl (C=O) groups excluding carboxylic acids is 1. The van der Waals surface area contributed by atoms with E-state index in [1.165, 1.54) is 24.3 Å². The van der Waals surface area contributed by atoms with Crippen LogP contribution < -0.4 is 19.5 Å². The molecule has 0 fully saturated rings. The van der Waals surface area contributed by atoms with Gasteiger partial charge in [-0.25, -0.2) is 0 Å². The van der Waals surface area contributed by atoms with Crippen LogP contribution in [0, 0.1) is 0 Å². The molecule has 28 heavy (non-hydrogen) atoms. The molecule has 5 nitrogen and oxygen atoms in total. The van der Waals surface area contributed by atoms with Gasteiger partial charge in [-0.05, 0) is 48.5 Å². The fourth-order valence-electron chi connectivity index (χ4n) is 2.32. The van der Waals surface area contributed by atoms with Gasteiger partial charge in [0.05, 0.1) is 0 Å². The predicted molar refractivity (Wildman–Crippen MR) is 100 cm³/mol. The highest BCUT2D eigenvalue weighted by Crippen LogP contribution is 2.25. The van der Waals surface area contributed by atoms with Crippen LogP contribution in [0.5, 0.6) is 23.0 Å². The fraction of sp³-hybridized carbons (Fsp3) is 0.0952. The van der Waals surface area contributed by atoms with E-state index in [-0.39, 0.29) is 12.4 Å². The first-order chi connectivity index (χ1) is 13.6. The van der Waals surface area contributed by atoms with Crippen molar-refractivity contribution in [2.24, 2.45) is 0 Å². The number of halogens is 2. The number of para-hydroxylation sites is 1. The number of benzene rings is 3. The third kappa shape index (κ3) is 5.98. The predicted octanol–water partition coefficient (Wildman–Crippen LogP) is 5.10. The Morgan fingerprint density at radius 2 is 1.50 bits per heavy atom. The lowest BCUT2D eigenvalue weighted by Crippen LogP contribution is -2.20. The van der Waals surface area contributed by atoms with E-state index in [4.69, 9.17) is 9.47 Å². The van der Waals surface area contributed by atoms with Crippen molar-refractivity contribution in [3.05, 3.63) is 78.9 Å². The van der Waals surface area contributed by atoms with Crippen LogP contribution in [-0.4, -0.2) is 19.1 Å². The second-order valence-electron chi connectivity index (χ2n) is 5.63. The molecule has 3 rings (SSSR count). The molecule has 1 amide bonds. The number of alkyl halides is 2. The monoisotopic (exact) mass is 385 g/mol. The third-order valence-electron chi connectivity index (χ3n) is 3.52. The molecular weight excluding hydrogens is 368 g/mol. The molecule has 3 aromatic carbocycles. The number of hydrogen-bond donors (Lipinski definition) is 1. The standard InChI is InChI=1S/C21H17F2NO4/c22-21(23)28-17-11-9-15(10-12-17)24-20(25)14-26-18-7-4-8-19(13-18)27-16-5-2-1-3-6-16/h1-13,21H,14H2,(H,24,25). The maximum absolute atomic E-state index is 12.1. The molecule has 0 saturated heterocycles. The first kappa shape index (κ1) is 19.2. The second-order valence-corrected chi connectivity index (χ2v) is 5.63. The molecule has 0 radical (unpaired) electrons. The average molecular weight is 385 g/mol. The summed E-state index contributed by atoms with van der Waals surface area (Å²) in [7, 11) is 0. The summed E-state index contributed by atoms with van der Waals surface area (Å²) in [5, 5.41) is 2.61. The SMILES string of the molecule is O=C(COc1cccc(Oc2ccccc2)c1)Nc1ccc(OC(F)F)cc1. The molecule has 0 aliphatic carbocycles. The normalized spacial score (nSPS) is 10.4. The minimum absolute atomic E-state index is 0.0134. The summed E-state index contributed by atoms with van der Waals surface area (Å²) in [6.45, 7) is -3.11. The lowest BCUT2D eigenvalue weighted by molar-refractivity contribution is -0.118. The van der Waals surface area contributed by atoms with Crippen molar-refractivity contribution in [1.29, 1.82) is 0 Å². The molecule has 0 aliphatic heterocycles. The molecule has 7 heteroatoms. The number of carbonyl (C=O) groups is 1. The van der Waals surface area contributed by atoms with Gasteiger partial charge in [0, 0.05) is 11.8 Å². The summed E-state index contributed by atoms with van der Waals surface area (Å²) in [4.78, 5) is 12.0. The van der Waals surface area contributed by atoms with E-state index >= 15 is 0 Å². The number of rotatable bonds is 8. The first-order valence-corrected chi connectivity index (χ1v) is 8.39. The number of anilines is 1. The van der Waals surface area contributed by atoms with E-state index in [2.05, 4.69) is 10.1 Å². The van der Waals surface area contributed by atoms with Crippen LogP contribution in [0.2, 0.25) is 0 Å². The molecule has 144 valence electrons. The van der Waals surface area contributed by atoms with Crippen LogP contribution in [-0.2, 0) is 4.79 Å². The Bertz CT molecular complexity index is 902. The van der Waals surface area contributed by atoms with E-state index < -0.39 is 12.5 Å². The van der Waals surface area contributed by atoms with Gasteiger partial charge in [0.25, 0.3) is 5.91 Å². The van der Waals surface area contributed by atoms with Crippen molar-refractivity contribution in [2.75, 3.05) is 11.9 Å². The van der Waals surface area contributed by atoms with E-state index in [1.54, 1.807) is 24.3 Å². The van der Waals surface area contributed by atoms with Crippen molar-refractivity contribution in [3.63, 3.8) is 0 Å².